The molecule has 0 bridgehead atoms. The molecule has 3 heterocycles. The molecule has 1 saturated heterocycles. The van der Waals surface area contributed by atoms with Gasteiger partial charge in [0, 0.05) is 38.9 Å². The van der Waals surface area contributed by atoms with E-state index in [1.54, 1.807) is 22.9 Å². The van der Waals surface area contributed by atoms with Crippen molar-refractivity contribution < 1.29 is 14.3 Å². The van der Waals surface area contributed by atoms with Crippen molar-refractivity contribution in [2.24, 2.45) is 5.92 Å². The molecule has 0 radical (unpaired) electrons. The molecule has 174 valence electrons. The summed E-state index contributed by atoms with van der Waals surface area (Å²) in [5, 5.41) is 12.1. The molecule has 2 N–H and O–H groups in total. The minimum absolute atomic E-state index is 0.0331. The summed E-state index contributed by atoms with van der Waals surface area (Å²) in [5.74, 6) is 0.185. The highest BCUT2D eigenvalue weighted by Gasteiger charge is 2.34. The molecular formula is C22H27N7O3S. The van der Waals surface area contributed by atoms with Crippen LogP contribution in [-0.4, -0.2) is 71.2 Å². The molecule has 0 spiro atoms. The molecule has 1 fully saturated rings. The van der Waals surface area contributed by atoms with E-state index >= 15 is 0 Å². The van der Waals surface area contributed by atoms with Crippen LogP contribution in [0.3, 0.4) is 0 Å². The summed E-state index contributed by atoms with van der Waals surface area (Å²) in [7, 11) is 1.65. The number of aromatic nitrogens is 4. The Morgan fingerprint density at radius 3 is 2.82 bits per heavy atom. The lowest BCUT2D eigenvalue weighted by molar-refractivity contribution is -0.126. The third-order valence-electron chi connectivity index (χ3n) is 5.44. The van der Waals surface area contributed by atoms with Crippen molar-refractivity contribution in [3.63, 3.8) is 0 Å². The number of rotatable bonds is 10. The summed E-state index contributed by atoms with van der Waals surface area (Å²) in [4.78, 5) is 35.9. The van der Waals surface area contributed by atoms with E-state index in [2.05, 4.69) is 25.7 Å². The molecule has 33 heavy (non-hydrogen) atoms. The minimum atomic E-state index is -0.367. The Labute approximate surface area is 196 Å². The van der Waals surface area contributed by atoms with Gasteiger partial charge in [-0.15, -0.1) is 0 Å². The standard InChI is InChI=1S/C22H27N7O3S/c1-32-11-9-23-19-17-13-25-29(20(17)27-22(26-19)33-2)10-8-24-21(31)15-12-18(30)28(14-15)16-6-4-3-5-7-16/h3-7,13,15H,8-12,14H2,1-2H3,(H,24,31)(H,23,26,27). The lowest BCUT2D eigenvalue weighted by Crippen LogP contribution is -2.35. The van der Waals surface area contributed by atoms with Gasteiger partial charge in [0.2, 0.25) is 11.8 Å². The molecule has 1 atom stereocenters. The molecule has 2 aromatic heterocycles. The molecule has 2 amide bonds. The number of anilines is 2. The Morgan fingerprint density at radius 1 is 1.24 bits per heavy atom. The zero-order valence-electron chi connectivity index (χ0n) is 18.7. The Hall–Kier alpha value is -3.18. The molecule has 11 heteroatoms. The lowest BCUT2D eigenvalue weighted by atomic mass is 10.1. The summed E-state index contributed by atoms with van der Waals surface area (Å²) in [6, 6.07) is 9.43. The summed E-state index contributed by atoms with van der Waals surface area (Å²) < 4.78 is 6.86. The number of nitrogens with one attached hydrogen (secondary N) is 2. The van der Waals surface area contributed by atoms with E-state index in [1.165, 1.54) is 11.8 Å². The van der Waals surface area contributed by atoms with Crippen molar-refractivity contribution in [1.29, 1.82) is 0 Å². The molecule has 10 nitrogen and oxygen atoms in total. The Bertz CT molecular complexity index is 1120. The summed E-state index contributed by atoms with van der Waals surface area (Å²) in [6.45, 7) is 2.42. The van der Waals surface area contributed by atoms with Crippen molar-refractivity contribution in [3.8, 4) is 0 Å². The summed E-state index contributed by atoms with van der Waals surface area (Å²) >= 11 is 1.45. The van der Waals surface area contributed by atoms with Crippen LogP contribution in [0.1, 0.15) is 6.42 Å². The number of thioether (sulfide) groups is 1. The van der Waals surface area contributed by atoms with Crippen LogP contribution in [0.4, 0.5) is 11.5 Å². The zero-order chi connectivity index (χ0) is 23.2. The molecular weight excluding hydrogens is 442 g/mol. The molecule has 4 rings (SSSR count). The molecule has 3 aromatic rings. The molecule has 0 aliphatic carbocycles. The van der Waals surface area contributed by atoms with Crippen LogP contribution in [0.25, 0.3) is 11.0 Å². The SMILES string of the molecule is COCCNc1nc(SC)nc2c1cnn2CCNC(=O)C1CC(=O)N(c2ccccc2)C1. The largest absolute Gasteiger partial charge is 0.383 e. The number of ether oxygens (including phenoxy) is 1. The van der Waals surface area contributed by atoms with Crippen LogP contribution in [0.15, 0.2) is 41.7 Å². The quantitative estimate of drug-likeness (QED) is 0.262. The maximum atomic E-state index is 12.7. The Balaban J connectivity index is 1.37. The normalized spacial score (nSPS) is 15.9. The van der Waals surface area contributed by atoms with E-state index in [0.717, 1.165) is 11.1 Å². The summed E-state index contributed by atoms with van der Waals surface area (Å²) in [5.41, 5.74) is 1.52. The number of benzene rings is 1. The van der Waals surface area contributed by atoms with Crippen LogP contribution in [0.2, 0.25) is 0 Å². The fraction of sp³-hybridized carbons (Fsp3) is 0.409. The fourth-order valence-electron chi connectivity index (χ4n) is 3.77. The third kappa shape index (κ3) is 5.25. The van der Waals surface area contributed by atoms with Gasteiger partial charge >= 0.3 is 0 Å². The van der Waals surface area contributed by atoms with Gasteiger partial charge in [0.05, 0.1) is 30.7 Å². The highest BCUT2D eigenvalue weighted by atomic mass is 32.2. The van der Waals surface area contributed by atoms with Gasteiger partial charge in [-0.2, -0.15) is 5.10 Å². The fourth-order valence-corrected chi connectivity index (χ4v) is 4.13. The number of carbonyl (C=O) groups excluding carboxylic acids is 2. The minimum Gasteiger partial charge on any atom is -0.383 e. The Morgan fingerprint density at radius 2 is 2.06 bits per heavy atom. The van der Waals surface area contributed by atoms with E-state index in [9.17, 15) is 9.59 Å². The number of carbonyl (C=O) groups is 2. The predicted molar refractivity (Wildman–Crippen MR) is 127 cm³/mol. The molecule has 1 aliphatic heterocycles. The lowest BCUT2D eigenvalue weighted by Gasteiger charge is -2.16. The first-order chi connectivity index (χ1) is 16.1. The number of nitrogens with zero attached hydrogens (tertiary/aromatic N) is 5. The number of methoxy groups -OCH3 is 1. The zero-order valence-corrected chi connectivity index (χ0v) is 19.5. The van der Waals surface area contributed by atoms with E-state index in [1.807, 2.05) is 36.6 Å². The predicted octanol–water partition coefficient (Wildman–Crippen LogP) is 1.78. The van der Waals surface area contributed by atoms with Crippen molar-refractivity contribution >= 4 is 46.1 Å². The van der Waals surface area contributed by atoms with Crippen LogP contribution in [0.5, 0.6) is 0 Å². The topological polar surface area (TPSA) is 114 Å². The average Bonchev–Trinajstić information content (AvgIpc) is 3.43. The van der Waals surface area contributed by atoms with Gasteiger partial charge in [-0.25, -0.2) is 14.6 Å². The maximum absolute atomic E-state index is 12.7. The van der Waals surface area contributed by atoms with Gasteiger partial charge in [0.15, 0.2) is 10.8 Å². The van der Waals surface area contributed by atoms with E-state index in [-0.39, 0.29) is 24.2 Å². The molecule has 1 aliphatic rings. The van der Waals surface area contributed by atoms with Crippen molar-refractivity contribution in [2.75, 3.05) is 49.8 Å². The van der Waals surface area contributed by atoms with Crippen molar-refractivity contribution in [2.45, 2.75) is 18.1 Å². The number of hydrogen-bond donors (Lipinski definition) is 2. The number of hydrogen-bond acceptors (Lipinski definition) is 8. The second-order valence-electron chi connectivity index (χ2n) is 7.62. The Kier molecular flexibility index (Phi) is 7.40. The van der Waals surface area contributed by atoms with Crippen molar-refractivity contribution in [3.05, 3.63) is 36.5 Å². The van der Waals surface area contributed by atoms with Gasteiger partial charge < -0.3 is 20.3 Å². The monoisotopic (exact) mass is 469 g/mol. The van der Waals surface area contributed by atoms with Crippen LogP contribution >= 0.6 is 11.8 Å². The molecule has 0 saturated carbocycles. The van der Waals surface area contributed by atoms with E-state index < -0.39 is 0 Å². The highest BCUT2D eigenvalue weighted by Crippen LogP contribution is 2.25. The number of amides is 2. The first-order valence-corrected chi connectivity index (χ1v) is 12.0. The van der Waals surface area contributed by atoms with Crippen LogP contribution in [-0.2, 0) is 20.9 Å². The maximum Gasteiger partial charge on any atom is 0.227 e. The van der Waals surface area contributed by atoms with E-state index in [4.69, 9.17) is 4.74 Å². The number of para-hydroxylation sites is 1. The second-order valence-corrected chi connectivity index (χ2v) is 8.39. The summed E-state index contributed by atoms with van der Waals surface area (Å²) in [6.07, 6.45) is 3.86. The van der Waals surface area contributed by atoms with E-state index in [0.29, 0.717) is 49.4 Å². The van der Waals surface area contributed by atoms with Gasteiger partial charge in [-0.3, -0.25) is 9.59 Å². The third-order valence-corrected chi connectivity index (χ3v) is 5.99. The highest BCUT2D eigenvalue weighted by molar-refractivity contribution is 7.98. The first-order valence-electron chi connectivity index (χ1n) is 10.7. The van der Waals surface area contributed by atoms with Gasteiger partial charge in [-0.1, -0.05) is 30.0 Å². The number of fused-ring (bicyclic) bond motifs is 1. The van der Waals surface area contributed by atoms with Gasteiger partial charge in [0.1, 0.15) is 5.82 Å². The smallest absolute Gasteiger partial charge is 0.227 e. The molecule has 1 aromatic carbocycles. The molecule has 1 unspecified atom stereocenters. The van der Waals surface area contributed by atoms with Crippen LogP contribution < -0.4 is 15.5 Å². The van der Waals surface area contributed by atoms with Crippen molar-refractivity contribution in [1.82, 2.24) is 25.1 Å². The average molecular weight is 470 g/mol. The second kappa shape index (κ2) is 10.6. The van der Waals surface area contributed by atoms with Gasteiger partial charge in [0.25, 0.3) is 0 Å². The van der Waals surface area contributed by atoms with Gasteiger partial charge in [-0.05, 0) is 18.4 Å². The van der Waals surface area contributed by atoms with Crippen LogP contribution in [0, 0.1) is 5.92 Å². The first kappa shape index (κ1) is 23.0.